The van der Waals surface area contributed by atoms with Crippen molar-refractivity contribution >= 4 is 0 Å². The fourth-order valence-electron chi connectivity index (χ4n) is 2.37. The van der Waals surface area contributed by atoms with Crippen LogP contribution in [0, 0.1) is 12.7 Å². The Morgan fingerprint density at radius 2 is 1.68 bits per heavy atom. The third-order valence-corrected chi connectivity index (χ3v) is 3.59. The normalized spacial score (nSPS) is 12.6. The number of unbranched alkanes of at least 4 members (excludes halogenated alkanes) is 6. The lowest BCUT2D eigenvalue weighted by Gasteiger charge is -2.12. The van der Waals surface area contributed by atoms with E-state index >= 15 is 0 Å². The molecule has 1 aromatic rings. The van der Waals surface area contributed by atoms with E-state index < -0.39 is 6.10 Å². The van der Waals surface area contributed by atoms with Gasteiger partial charge >= 0.3 is 0 Å². The second kappa shape index (κ2) is 9.08. The minimum absolute atomic E-state index is 0.291. The highest BCUT2D eigenvalue weighted by atomic mass is 19.1. The maximum Gasteiger partial charge on any atom is 0.129 e. The van der Waals surface area contributed by atoms with Gasteiger partial charge in [0.15, 0.2) is 0 Å². The highest BCUT2D eigenvalue weighted by Crippen LogP contribution is 2.23. The number of hydrogen-bond acceptors (Lipinski definition) is 1. The summed E-state index contributed by atoms with van der Waals surface area (Å²) < 4.78 is 13.6. The molecule has 0 aliphatic rings. The van der Waals surface area contributed by atoms with Crippen LogP contribution in [0.1, 0.15) is 75.5 Å². The van der Waals surface area contributed by atoms with E-state index in [9.17, 15) is 9.50 Å². The molecule has 108 valence electrons. The molecule has 1 N–H and O–H groups in total. The second-order valence-corrected chi connectivity index (χ2v) is 5.45. The SMILES string of the molecule is CCCCCCCCCC(O)c1cc(C)ccc1F. The lowest BCUT2D eigenvalue weighted by atomic mass is 10.00. The average Bonchev–Trinajstić information content (AvgIpc) is 2.40. The van der Waals surface area contributed by atoms with Crippen molar-refractivity contribution in [2.24, 2.45) is 0 Å². The summed E-state index contributed by atoms with van der Waals surface area (Å²) in [7, 11) is 0. The van der Waals surface area contributed by atoms with E-state index in [-0.39, 0.29) is 5.82 Å². The van der Waals surface area contributed by atoms with Crippen molar-refractivity contribution in [1.82, 2.24) is 0 Å². The zero-order valence-corrected chi connectivity index (χ0v) is 12.3. The average molecular weight is 266 g/mol. The molecular formula is C17H27FO. The van der Waals surface area contributed by atoms with Gasteiger partial charge in [0.2, 0.25) is 0 Å². The summed E-state index contributed by atoms with van der Waals surface area (Å²) in [5.41, 5.74) is 1.45. The summed E-state index contributed by atoms with van der Waals surface area (Å²) in [4.78, 5) is 0. The molecule has 0 aliphatic carbocycles. The van der Waals surface area contributed by atoms with Crippen LogP contribution in [-0.2, 0) is 0 Å². The van der Waals surface area contributed by atoms with Crippen LogP contribution >= 0.6 is 0 Å². The van der Waals surface area contributed by atoms with Crippen molar-refractivity contribution in [3.8, 4) is 0 Å². The van der Waals surface area contributed by atoms with Crippen LogP contribution < -0.4 is 0 Å². The zero-order chi connectivity index (χ0) is 14.1. The van der Waals surface area contributed by atoms with Gasteiger partial charge in [-0.05, 0) is 19.4 Å². The summed E-state index contributed by atoms with van der Waals surface area (Å²) in [6.45, 7) is 4.14. The molecule has 0 aliphatic heterocycles. The maximum absolute atomic E-state index is 13.6. The van der Waals surface area contributed by atoms with Gasteiger partial charge in [0.1, 0.15) is 5.82 Å². The minimum Gasteiger partial charge on any atom is -0.388 e. The Balaban J connectivity index is 2.23. The molecule has 0 radical (unpaired) electrons. The summed E-state index contributed by atoms with van der Waals surface area (Å²) in [5, 5.41) is 10.0. The maximum atomic E-state index is 13.6. The summed E-state index contributed by atoms with van der Waals surface area (Å²) in [6.07, 6.45) is 8.51. The standard InChI is InChI=1S/C17H27FO/c1-3-4-5-6-7-8-9-10-17(19)15-13-14(2)11-12-16(15)18/h11-13,17,19H,3-10H2,1-2H3. The van der Waals surface area contributed by atoms with Crippen molar-refractivity contribution < 1.29 is 9.50 Å². The number of aliphatic hydroxyl groups is 1. The van der Waals surface area contributed by atoms with E-state index in [0.29, 0.717) is 12.0 Å². The van der Waals surface area contributed by atoms with Crippen molar-refractivity contribution in [1.29, 1.82) is 0 Å². The molecule has 1 atom stereocenters. The molecular weight excluding hydrogens is 239 g/mol. The van der Waals surface area contributed by atoms with Gasteiger partial charge in [-0.25, -0.2) is 4.39 Å². The molecule has 0 saturated heterocycles. The Hall–Kier alpha value is -0.890. The summed E-state index contributed by atoms with van der Waals surface area (Å²) in [6, 6.07) is 4.93. The van der Waals surface area contributed by atoms with Gasteiger partial charge in [0.05, 0.1) is 6.10 Å². The number of halogens is 1. The largest absolute Gasteiger partial charge is 0.388 e. The van der Waals surface area contributed by atoms with Gasteiger partial charge in [0.25, 0.3) is 0 Å². The Labute approximate surface area is 116 Å². The van der Waals surface area contributed by atoms with Gasteiger partial charge in [0, 0.05) is 5.56 Å². The first-order chi connectivity index (χ1) is 9.15. The Bertz CT molecular complexity index is 362. The van der Waals surface area contributed by atoms with E-state index in [0.717, 1.165) is 18.4 Å². The molecule has 19 heavy (non-hydrogen) atoms. The van der Waals surface area contributed by atoms with Crippen LogP contribution in [0.5, 0.6) is 0 Å². The topological polar surface area (TPSA) is 20.2 Å². The molecule has 0 spiro atoms. The molecule has 1 nitrogen and oxygen atoms in total. The van der Waals surface area contributed by atoms with Crippen molar-refractivity contribution in [3.05, 3.63) is 35.1 Å². The predicted octanol–water partition coefficient (Wildman–Crippen LogP) is 5.31. The van der Waals surface area contributed by atoms with Gasteiger partial charge in [-0.1, -0.05) is 69.6 Å². The van der Waals surface area contributed by atoms with Crippen molar-refractivity contribution in [3.63, 3.8) is 0 Å². The molecule has 1 rings (SSSR count). The van der Waals surface area contributed by atoms with E-state index in [2.05, 4.69) is 6.92 Å². The van der Waals surface area contributed by atoms with Gasteiger partial charge in [-0.15, -0.1) is 0 Å². The third-order valence-electron chi connectivity index (χ3n) is 3.59. The summed E-state index contributed by atoms with van der Waals surface area (Å²) >= 11 is 0. The molecule has 0 heterocycles. The van der Waals surface area contributed by atoms with E-state index in [1.54, 1.807) is 12.1 Å². The summed E-state index contributed by atoms with van der Waals surface area (Å²) in [5.74, 6) is -0.291. The van der Waals surface area contributed by atoms with Crippen LogP contribution in [0.2, 0.25) is 0 Å². The first kappa shape index (κ1) is 16.2. The first-order valence-electron chi connectivity index (χ1n) is 7.59. The number of benzene rings is 1. The lowest BCUT2D eigenvalue weighted by Crippen LogP contribution is -2.01. The van der Waals surface area contributed by atoms with Crippen LogP contribution in [0.4, 0.5) is 4.39 Å². The first-order valence-corrected chi connectivity index (χ1v) is 7.59. The Morgan fingerprint density at radius 3 is 2.37 bits per heavy atom. The zero-order valence-electron chi connectivity index (χ0n) is 12.3. The predicted molar refractivity (Wildman–Crippen MR) is 78.7 cm³/mol. The molecule has 0 bridgehead atoms. The quantitative estimate of drug-likeness (QED) is 0.601. The fourth-order valence-corrected chi connectivity index (χ4v) is 2.37. The Kier molecular flexibility index (Phi) is 7.73. The smallest absolute Gasteiger partial charge is 0.129 e. The van der Waals surface area contributed by atoms with E-state index in [1.165, 1.54) is 38.2 Å². The molecule has 1 aromatic carbocycles. The number of rotatable bonds is 9. The lowest BCUT2D eigenvalue weighted by molar-refractivity contribution is 0.158. The molecule has 2 heteroatoms. The minimum atomic E-state index is -0.657. The highest BCUT2D eigenvalue weighted by molar-refractivity contribution is 5.25. The van der Waals surface area contributed by atoms with Crippen LogP contribution in [0.25, 0.3) is 0 Å². The van der Waals surface area contributed by atoms with Gasteiger partial charge in [-0.2, -0.15) is 0 Å². The number of aliphatic hydroxyl groups excluding tert-OH is 1. The van der Waals surface area contributed by atoms with Crippen LogP contribution in [0.3, 0.4) is 0 Å². The highest BCUT2D eigenvalue weighted by Gasteiger charge is 2.12. The molecule has 0 saturated carbocycles. The second-order valence-electron chi connectivity index (χ2n) is 5.45. The van der Waals surface area contributed by atoms with Crippen molar-refractivity contribution in [2.75, 3.05) is 0 Å². The Morgan fingerprint density at radius 1 is 1.05 bits per heavy atom. The number of hydrogen-bond donors (Lipinski definition) is 1. The van der Waals surface area contributed by atoms with Gasteiger partial charge < -0.3 is 5.11 Å². The van der Waals surface area contributed by atoms with Crippen LogP contribution in [-0.4, -0.2) is 5.11 Å². The monoisotopic (exact) mass is 266 g/mol. The van der Waals surface area contributed by atoms with E-state index in [4.69, 9.17) is 0 Å². The third kappa shape index (κ3) is 6.20. The van der Waals surface area contributed by atoms with E-state index in [1.807, 2.05) is 6.92 Å². The number of aryl methyl sites for hydroxylation is 1. The molecule has 0 fully saturated rings. The molecule has 0 amide bonds. The van der Waals surface area contributed by atoms with Gasteiger partial charge in [-0.3, -0.25) is 0 Å². The molecule has 1 unspecified atom stereocenters. The van der Waals surface area contributed by atoms with Crippen molar-refractivity contribution in [2.45, 2.75) is 71.3 Å². The van der Waals surface area contributed by atoms with Crippen LogP contribution in [0.15, 0.2) is 18.2 Å². The fraction of sp³-hybridized carbons (Fsp3) is 0.647. The molecule has 0 aromatic heterocycles.